The maximum Gasteiger partial charge on any atom is 0.320 e. The van der Waals surface area contributed by atoms with Gasteiger partial charge in [0.1, 0.15) is 5.82 Å². The SMILES string of the molecule is O=C1CNC(c2cnc3cnccn23)=C1c1cn2c3c(cc(F)cc13)CN(C(=O)N1CCCCC1)CC2. The third-order valence-corrected chi connectivity index (χ3v) is 7.68. The largest absolute Gasteiger partial charge is 0.375 e. The van der Waals surface area contributed by atoms with E-state index in [9.17, 15) is 9.59 Å². The Balaban J connectivity index is 1.34. The quantitative estimate of drug-likeness (QED) is 0.457. The van der Waals surface area contributed by atoms with Gasteiger partial charge in [0, 0.05) is 62.3 Å². The number of piperidine rings is 1. The molecule has 37 heavy (non-hydrogen) atoms. The van der Waals surface area contributed by atoms with Gasteiger partial charge < -0.3 is 19.7 Å². The van der Waals surface area contributed by atoms with Gasteiger partial charge in [0.15, 0.2) is 11.4 Å². The first-order valence-electron chi connectivity index (χ1n) is 12.7. The van der Waals surface area contributed by atoms with Crippen molar-refractivity contribution in [1.29, 1.82) is 0 Å². The molecule has 4 aromatic rings. The van der Waals surface area contributed by atoms with E-state index >= 15 is 4.39 Å². The Morgan fingerprint density at radius 3 is 2.76 bits per heavy atom. The van der Waals surface area contributed by atoms with E-state index in [1.807, 2.05) is 20.4 Å². The first kappa shape index (κ1) is 22.0. The molecule has 3 aliphatic heterocycles. The van der Waals surface area contributed by atoms with Gasteiger partial charge in [0.2, 0.25) is 0 Å². The summed E-state index contributed by atoms with van der Waals surface area (Å²) in [5.74, 6) is -0.432. The van der Waals surface area contributed by atoms with E-state index in [4.69, 9.17) is 0 Å². The molecule has 0 spiro atoms. The van der Waals surface area contributed by atoms with Crippen LogP contribution in [0.4, 0.5) is 9.18 Å². The molecule has 7 rings (SSSR count). The molecule has 6 heterocycles. The van der Waals surface area contributed by atoms with Crippen LogP contribution in [0.5, 0.6) is 0 Å². The summed E-state index contributed by atoms with van der Waals surface area (Å²) in [7, 11) is 0. The maximum absolute atomic E-state index is 15.0. The number of halogens is 1. The summed E-state index contributed by atoms with van der Waals surface area (Å²) >= 11 is 0. The van der Waals surface area contributed by atoms with Crippen molar-refractivity contribution in [3.63, 3.8) is 0 Å². The molecule has 1 fully saturated rings. The summed E-state index contributed by atoms with van der Waals surface area (Å²) in [5, 5.41) is 3.93. The average Bonchev–Trinajstić information content (AvgIpc) is 3.57. The summed E-state index contributed by atoms with van der Waals surface area (Å²) in [5.41, 5.74) is 4.95. The summed E-state index contributed by atoms with van der Waals surface area (Å²) in [6.45, 7) is 3.14. The van der Waals surface area contributed by atoms with Crippen molar-refractivity contribution in [3.8, 4) is 0 Å². The van der Waals surface area contributed by atoms with Crippen LogP contribution in [0, 0.1) is 5.82 Å². The van der Waals surface area contributed by atoms with Crippen LogP contribution in [0.1, 0.15) is 36.1 Å². The van der Waals surface area contributed by atoms with Crippen LogP contribution >= 0.6 is 0 Å². The van der Waals surface area contributed by atoms with Crippen molar-refractivity contribution in [2.45, 2.75) is 32.4 Å². The first-order valence-corrected chi connectivity index (χ1v) is 12.7. The number of urea groups is 1. The Morgan fingerprint density at radius 1 is 1.03 bits per heavy atom. The zero-order valence-corrected chi connectivity index (χ0v) is 20.3. The van der Waals surface area contributed by atoms with Crippen LogP contribution in [0.25, 0.3) is 27.8 Å². The highest BCUT2D eigenvalue weighted by molar-refractivity contribution is 6.33. The van der Waals surface area contributed by atoms with E-state index in [-0.39, 0.29) is 24.2 Å². The smallest absolute Gasteiger partial charge is 0.320 e. The fourth-order valence-electron chi connectivity index (χ4n) is 5.96. The molecule has 10 heteroatoms. The predicted molar refractivity (Wildman–Crippen MR) is 136 cm³/mol. The number of nitrogens with zero attached hydrogens (tertiary/aromatic N) is 6. The van der Waals surface area contributed by atoms with Gasteiger partial charge >= 0.3 is 6.03 Å². The highest BCUT2D eigenvalue weighted by Crippen LogP contribution is 2.37. The molecule has 1 saturated heterocycles. The predicted octanol–water partition coefficient (Wildman–Crippen LogP) is 3.29. The molecule has 1 aromatic carbocycles. The molecule has 0 bridgehead atoms. The van der Waals surface area contributed by atoms with E-state index in [1.165, 1.54) is 12.1 Å². The number of imidazole rings is 1. The number of benzene rings is 1. The zero-order chi connectivity index (χ0) is 25.1. The van der Waals surface area contributed by atoms with Crippen molar-refractivity contribution >= 4 is 39.6 Å². The molecule has 188 valence electrons. The molecule has 0 atom stereocenters. The number of rotatable bonds is 2. The Morgan fingerprint density at radius 2 is 1.89 bits per heavy atom. The lowest BCUT2D eigenvalue weighted by atomic mass is 9.99. The van der Waals surface area contributed by atoms with E-state index in [0.717, 1.165) is 49.1 Å². The number of fused-ring (bicyclic) bond motifs is 1. The second-order valence-corrected chi connectivity index (χ2v) is 9.92. The fourth-order valence-corrected chi connectivity index (χ4v) is 5.96. The van der Waals surface area contributed by atoms with Crippen LogP contribution in [-0.2, 0) is 17.9 Å². The summed E-state index contributed by atoms with van der Waals surface area (Å²) < 4.78 is 19.0. The molecule has 3 aliphatic rings. The van der Waals surface area contributed by atoms with Gasteiger partial charge in [-0.05, 0) is 37.0 Å². The molecular formula is C27H26FN7O2. The molecule has 0 aliphatic carbocycles. The van der Waals surface area contributed by atoms with Crippen molar-refractivity contribution in [3.05, 3.63) is 65.8 Å². The minimum absolute atomic E-state index is 0.0188. The number of likely N-dealkylation sites (tertiary alicyclic amines) is 1. The van der Waals surface area contributed by atoms with Crippen molar-refractivity contribution in [2.75, 3.05) is 26.2 Å². The maximum atomic E-state index is 15.0. The topological polar surface area (TPSA) is 87.8 Å². The van der Waals surface area contributed by atoms with Crippen LogP contribution in [0.2, 0.25) is 0 Å². The Hall–Kier alpha value is -4.21. The number of carbonyl (C=O) groups is 2. The lowest BCUT2D eigenvalue weighted by molar-refractivity contribution is -0.112. The minimum Gasteiger partial charge on any atom is -0.375 e. The van der Waals surface area contributed by atoms with E-state index in [2.05, 4.69) is 19.9 Å². The number of ketones is 1. The molecule has 0 unspecified atom stereocenters. The van der Waals surface area contributed by atoms with Gasteiger partial charge in [-0.15, -0.1) is 0 Å². The summed E-state index contributed by atoms with van der Waals surface area (Å²) in [4.78, 5) is 38.7. The van der Waals surface area contributed by atoms with Gasteiger partial charge in [-0.25, -0.2) is 14.2 Å². The number of amides is 2. The average molecular weight is 500 g/mol. The molecule has 2 amide bonds. The molecule has 1 N–H and O–H groups in total. The van der Waals surface area contributed by atoms with Crippen molar-refractivity contribution < 1.29 is 14.0 Å². The van der Waals surface area contributed by atoms with E-state index < -0.39 is 0 Å². The van der Waals surface area contributed by atoms with E-state index in [1.54, 1.807) is 24.8 Å². The van der Waals surface area contributed by atoms with Crippen LogP contribution in [0.15, 0.2) is 43.1 Å². The molecule has 3 aromatic heterocycles. The van der Waals surface area contributed by atoms with Gasteiger partial charge in [0.25, 0.3) is 0 Å². The summed E-state index contributed by atoms with van der Waals surface area (Å²) in [6, 6.07) is 3.04. The Labute approximate surface area is 212 Å². The third-order valence-electron chi connectivity index (χ3n) is 7.68. The molecule has 9 nitrogen and oxygen atoms in total. The molecule has 0 radical (unpaired) electrons. The standard InChI is InChI=1S/C27H26FN7O2/c28-18-10-17-15-34(27(37)32-5-2-1-3-6-32)9-8-33-16-20(19(11-18)26(17)33)24-22(36)13-31-25(24)21-12-30-23-14-29-4-7-35(21)23/h4,7,10-12,14,16,31H,1-3,5-6,8-9,13,15H2. The number of carbonyl (C=O) groups excluding carboxylic acids is 2. The Kier molecular flexibility index (Phi) is 5.02. The summed E-state index contributed by atoms with van der Waals surface area (Å²) in [6.07, 6.45) is 12.0. The number of hydrogen-bond donors (Lipinski definition) is 1. The highest BCUT2D eigenvalue weighted by Gasteiger charge is 2.32. The van der Waals surface area contributed by atoms with Gasteiger partial charge in [-0.2, -0.15) is 0 Å². The van der Waals surface area contributed by atoms with Gasteiger partial charge in [0.05, 0.1) is 41.4 Å². The van der Waals surface area contributed by atoms with Gasteiger partial charge in [-0.3, -0.25) is 14.2 Å². The first-order chi connectivity index (χ1) is 18.1. The monoisotopic (exact) mass is 499 g/mol. The second-order valence-electron chi connectivity index (χ2n) is 9.92. The van der Waals surface area contributed by atoms with Crippen molar-refractivity contribution in [2.24, 2.45) is 0 Å². The highest BCUT2D eigenvalue weighted by atomic mass is 19.1. The van der Waals surface area contributed by atoms with Crippen LogP contribution < -0.4 is 5.32 Å². The number of nitrogens with one attached hydrogen (secondary N) is 1. The minimum atomic E-state index is -0.379. The molecular weight excluding hydrogens is 473 g/mol. The lowest BCUT2D eigenvalue weighted by Gasteiger charge is -2.32. The van der Waals surface area contributed by atoms with E-state index in [0.29, 0.717) is 47.5 Å². The third kappa shape index (κ3) is 3.50. The van der Waals surface area contributed by atoms with Crippen LogP contribution in [0.3, 0.4) is 0 Å². The van der Waals surface area contributed by atoms with Crippen molar-refractivity contribution in [1.82, 2.24) is 34.1 Å². The van der Waals surface area contributed by atoms with Gasteiger partial charge in [-0.1, -0.05) is 0 Å². The lowest BCUT2D eigenvalue weighted by Crippen LogP contribution is -2.45. The number of aromatic nitrogens is 4. The normalized spacial score (nSPS) is 18.1. The molecule has 0 saturated carbocycles. The zero-order valence-electron chi connectivity index (χ0n) is 20.3. The second kappa shape index (κ2) is 8.43. The number of hydrogen-bond acceptors (Lipinski definition) is 5. The fraction of sp³-hybridized carbons (Fsp3) is 0.333. The Bertz CT molecular complexity index is 1610. The van der Waals surface area contributed by atoms with Crippen LogP contribution in [-0.4, -0.2) is 66.7 Å². The number of Topliss-reactive ketones (excluding diaryl/α,β-unsaturated/α-hetero) is 1.